The van der Waals surface area contributed by atoms with Crippen molar-refractivity contribution in [3.63, 3.8) is 0 Å². The largest absolute Gasteiger partial charge is 0.462 e. The summed E-state index contributed by atoms with van der Waals surface area (Å²) in [5.41, 5.74) is 0.478. The Morgan fingerprint density at radius 1 is 1.38 bits per heavy atom. The highest BCUT2D eigenvalue weighted by Gasteiger charge is 2.34. The predicted octanol–water partition coefficient (Wildman–Crippen LogP) is 3.38. The highest BCUT2D eigenvalue weighted by molar-refractivity contribution is 7.91. The van der Waals surface area contributed by atoms with E-state index in [9.17, 15) is 18.0 Å². The van der Waals surface area contributed by atoms with E-state index in [0.29, 0.717) is 39.4 Å². The highest BCUT2D eigenvalue weighted by Crippen LogP contribution is 2.31. The number of amides is 1. The van der Waals surface area contributed by atoms with Gasteiger partial charge in [-0.1, -0.05) is 22.9 Å². The number of rotatable bonds is 6. The molecule has 1 amide bonds. The molecule has 3 rings (SSSR count). The van der Waals surface area contributed by atoms with Gasteiger partial charge < -0.3 is 10.1 Å². The highest BCUT2D eigenvalue weighted by atomic mass is 35.5. The number of hydrogen-bond donors (Lipinski definition) is 1. The fourth-order valence-electron chi connectivity index (χ4n) is 2.98. The molecule has 2 aromatic rings. The first-order valence-electron chi connectivity index (χ1n) is 8.93. The third-order valence-corrected chi connectivity index (χ3v) is 9.00. The molecule has 1 fully saturated rings. The fourth-order valence-corrected chi connectivity index (χ4v) is 7.01. The molecule has 1 aliphatic heterocycles. The van der Waals surface area contributed by atoms with Crippen molar-refractivity contribution in [1.29, 1.82) is 0 Å². The smallest absolute Gasteiger partial charge is 0.350 e. The van der Waals surface area contributed by atoms with Crippen LogP contribution in [0, 0.1) is 12.8 Å². The third kappa shape index (κ3) is 4.97. The number of piperidine rings is 1. The topological polar surface area (TPSA) is 106 Å². The molecule has 12 heteroatoms. The van der Waals surface area contributed by atoms with Gasteiger partial charge in [0.25, 0.3) is 10.0 Å². The molecule has 0 aromatic carbocycles. The van der Waals surface area contributed by atoms with Crippen LogP contribution in [-0.4, -0.2) is 49.3 Å². The van der Waals surface area contributed by atoms with Gasteiger partial charge in [-0.05, 0) is 38.8 Å². The van der Waals surface area contributed by atoms with Gasteiger partial charge in [0.2, 0.25) is 5.91 Å². The number of hydrogen-bond acceptors (Lipinski definition) is 8. The average molecular weight is 478 g/mol. The Labute approximate surface area is 181 Å². The number of sulfonamides is 1. The van der Waals surface area contributed by atoms with Gasteiger partial charge in [-0.3, -0.25) is 4.79 Å². The Morgan fingerprint density at radius 3 is 2.79 bits per heavy atom. The van der Waals surface area contributed by atoms with Crippen LogP contribution >= 0.6 is 34.3 Å². The maximum absolute atomic E-state index is 12.8. The van der Waals surface area contributed by atoms with Crippen LogP contribution in [0.5, 0.6) is 0 Å². The Hall–Kier alpha value is -1.53. The van der Waals surface area contributed by atoms with Gasteiger partial charge in [0, 0.05) is 13.1 Å². The fraction of sp³-hybridized carbons (Fsp3) is 0.471. The van der Waals surface area contributed by atoms with E-state index >= 15 is 0 Å². The van der Waals surface area contributed by atoms with Crippen LogP contribution < -0.4 is 5.32 Å². The van der Waals surface area contributed by atoms with E-state index in [1.807, 2.05) is 0 Å². The third-order valence-electron chi connectivity index (χ3n) is 4.39. The number of carbonyl (C=O) groups is 2. The summed E-state index contributed by atoms with van der Waals surface area (Å²) in [6.45, 7) is 4.06. The number of aryl methyl sites for hydroxylation is 1. The lowest BCUT2D eigenvalue weighted by Crippen LogP contribution is -2.43. The number of anilines is 1. The molecule has 0 saturated carbocycles. The summed E-state index contributed by atoms with van der Waals surface area (Å²) < 4.78 is 32.4. The van der Waals surface area contributed by atoms with E-state index in [1.54, 1.807) is 19.9 Å². The Morgan fingerprint density at radius 2 is 2.14 bits per heavy atom. The lowest BCUT2D eigenvalue weighted by molar-refractivity contribution is -0.120. The van der Waals surface area contributed by atoms with Crippen LogP contribution in [0.3, 0.4) is 0 Å². The molecular weight excluding hydrogens is 458 g/mol. The van der Waals surface area contributed by atoms with E-state index < -0.39 is 21.9 Å². The number of thiazole rings is 1. The van der Waals surface area contributed by atoms with Gasteiger partial charge in [0.1, 0.15) is 9.09 Å². The summed E-state index contributed by atoms with van der Waals surface area (Å²) in [6, 6.07) is 3.01. The van der Waals surface area contributed by atoms with E-state index in [-0.39, 0.29) is 23.3 Å². The summed E-state index contributed by atoms with van der Waals surface area (Å²) in [7, 11) is -3.69. The molecule has 2 aromatic heterocycles. The van der Waals surface area contributed by atoms with Gasteiger partial charge in [-0.2, -0.15) is 4.31 Å². The number of nitrogens with one attached hydrogen (secondary N) is 1. The molecule has 0 spiro atoms. The van der Waals surface area contributed by atoms with Crippen LogP contribution in [0.15, 0.2) is 16.3 Å². The second-order valence-electron chi connectivity index (χ2n) is 6.40. The number of esters is 1. The number of carbonyl (C=O) groups excluding carboxylic acids is 2. The molecule has 1 unspecified atom stereocenters. The standard InChI is InChI=1S/C17H20ClN3O5S3/c1-3-26-16(23)14-10(2)19-17(28-14)20-15(22)11-5-4-8-21(9-11)29(24,25)13-7-6-12(18)27-13/h6-7,11H,3-5,8-9H2,1-2H3,(H,19,20,22). The SMILES string of the molecule is CCOC(=O)c1sc(NC(=O)C2CCCN(S(=O)(=O)c3ccc(Cl)s3)C2)nc1C. The lowest BCUT2D eigenvalue weighted by Gasteiger charge is -2.30. The van der Waals surface area contributed by atoms with Crippen molar-refractivity contribution >= 4 is 61.3 Å². The minimum Gasteiger partial charge on any atom is -0.462 e. The molecule has 0 radical (unpaired) electrons. The molecule has 1 saturated heterocycles. The van der Waals surface area contributed by atoms with Gasteiger partial charge in [-0.25, -0.2) is 18.2 Å². The first kappa shape index (κ1) is 22.2. The Kier molecular flexibility index (Phi) is 6.94. The minimum absolute atomic E-state index is 0.0821. The summed E-state index contributed by atoms with van der Waals surface area (Å²) in [5, 5.41) is 3.00. The van der Waals surface area contributed by atoms with Gasteiger partial charge in [-0.15, -0.1) is 11.3 Å². The molecule has 1 aliphatic rings. The predicted molar refractivity (Wildman–Crippen MR) is 112 cm³/mol. The second kappa shape index (κ2) is 9.09. The van der Waals surface area contributed by atoms with Crippen molar-refractivity contribution in [2.45, 2.75) is 30.9 Å². The van der Waals surface area contributed by atoms with Crippen LogP contribution in [0.2, 0.25) is 4.34 Å². The molecule has 29 heavy (non-hydrogen) atoms. The monoisotopic (exact) mass is 477 g/mol. The van der Waals surface area contributed by atoms with Gasteiger partial charge >= 0.3 is 5.97 Å². The Bertz CT molecular complexity index is 1020. The minimum atomic E-state index is -3.69. The molecule has 0 bridgehead atoms. The van der Waals surface area contributed by atoms with Crippen molar-refractivity contribution < 1.29 is 22.7 Å². The number of halogens is 1. The summed E-state index contributed by atoms with van der Waals surface area (Å²) in [6.07, 6.45) is 1.14. The first-order valence-corrected chi connectivity index (χ1v) is 12.4. The maximum atomic E-state index is 12.8. The second-order valence-corrected chi connectivity index (χ2v) is 11.3. The summed E-state index contributed by atoms with van der Waals surface area (Å²) >= 11 is 7.90. The van der Waals surface area contributed by atoms with Gasteiger partial charge in [0.05, 0.1) is 22.6 Å². The average Bonchev–Trinajstić information content (AvgIpc) is 3.28. The molecule has 0 aliphatic carbocycles. The molecule has 1 atom stereocenters. The van der Waals surface area contributed by atoms with E-state index in [4.69, 9.17) is 16.3 Å². The van der Waals surface area contributed by atoms with E-state index in [0.717, 1.165) is 22.7 Å². The zero-order valence-electron chi connectivity index (χ0n) is 15.8. The number of aromatic nitrogens is 1. The lowest BCUT2D eigenvalue weighted by atomic mass is 9.99. The zero-order chi connectivity index (χ0) is 21.2. The van der Waals surface area contributed by atoms with Crippen LogP contribution in [0.4, 0.5) is 5.13 Å². The first-order chi connectivity index (χ1) is 13.7. The molecule has 3 heterocycles. The van der Waals surface area contributed by atoms with Crippen molar-refractivity contribution in [2.24, 2.45) is 5.92 Å². The van der Waals surface area contributed by atoms with Crippen molar-refractivity contribution in [2.75, 3.05) is 25.0 Å². The number of nitrogens with zero attached hydrogens (tertiary/aromatic N) is 2. The number of thiophene rings is 1. The zero-order valence-corrected chi connectivity index (χ0v) is 19.0. The molecule has 8 nitrogen and oxygen atoms in total. The summed E-state index contributed by atoms with van der Waals surface area (Å²) in [5.74, 6) is -1.31. The molecule has 1 N–H and O–H groups in total. The van der Waals surface area contributed by atoms with Crippen LogP contribution in [0.1, 0.15) is 35.1 Å². The van der Waals surface area contributed by atoms with Crippen LogP contribution in [-0.2, 0) is 19.6 Å². The van der Waals surface area contributed by atoms with Crippen molar-refractivity contribution in [3.8, 4) is 0 Å². The maximum Gasteiger partial charge on any atom is 0.350 e. The number of ether oxygens (including phenoxy) is 1. The quantitative estimate of drug-likeness (QED) is 0.639. The van der Waals surface area contributed by atoms with Gasteiger partial charge in [0.15, 0.2) is 5.13 Å². The van der Waals surface area contributed by atoms with Crippen LogP contribution in [0.25, 0.3) is 0 Å². The van der Waals surface area contributed by atoms with E-state index in [1.165, 1.54) is 10.4 Å². The van der Waals surface area contributed by atoms with Crippen molar-refractivity contribution in [3.05, 3.63) is 27.0 Å². The Balaban J connectivity index is 1.69. The van der Waals surface area contributed by atoms with Crippen molar-refractivity contribution in [1.82, 2.24) is 9.29 Å². The molecular formula is C17H20ClN3O5S3. The van der Waals surface area contributed by atoms with E-state index in [2.05, 4.69) is 10.3 Å². The normalized spacial score (nSPS) is 17.8. The molecule has 158 valence electrons. The summed E-state index contributed by atoms with van der Waals surface area (Å²) in [4.78, 5) is 29.2.